The van der Waals surface area contributed by atoms with Gasteiger partial charge in [0.25, 0.3) is 0 Å². The molecule has 0 atom stereocenters. The van der Waals surface area contributed by atoms with E-state index in [4.69, 9.17) is 16.0 Å². The number of rotatable bonds is 6. The van der Waals surface area contributed by atoms with Crippen LogP contribution < -0.4 is 5.32 Å². The Bertz CT molecular complexity index is 1240. The monoisotopic (exact) mass is 427 g/mol. The molecule has 1 amide bonds. The number of hydrogen-bond donors (Lipinski definition) is 1. The highest BCUT2D eigenvalue weighted by Gasteiger charge is 2.15. The van der Waals surface area contributed by atoms with Crippen molar-refractivity contribution in [2.45, 2.75) is 0 Å². The van der Waals surface area contributed by atoms with Crippen molar-refractivity contribution in [2.75, 3.05) is 5.32 Å². The van der Waals surface area contributed by atoms with Gasteiger partial charge in [-0.15, -0.1) is 0 Å². The fraction of sp³-hybridized carbons (Fsp3) is 0. The average Bonchev–Trinajstić information content (AvgIpc) is 3.29. The highest BCUT2D eigenvalue weighted by atomic mass is 35.5. The minimum absolute atomic E-state index is 0.221. The molecule has 1 aromatic heterocycles. The summed E-state index contributed by atoms with van der Waals surface area (Å²) in [6.45, 7) is 0. The van der Waals surface area contributed by atoms with Gasteiger partial charge in [-0.1, -0.05) is 72.3 Å². The zero-order chi connectivity index (χ0) is 21.6. The molecule has 0 saturated heterocycles. The molecule has 0 aliphatic carbocycles. The number of furan rings is 1. The van der Waals surface area contributed by atoms with Crippen LogP contribution in [0.2, 0.25) is 5.02 Å². The van der Waals surface area contributed by atoms with Crippen molar-refractivity contribution < 1.29 is 14.0 Å². The molecule has 0 saturated carbocycles. The molecule has 4 nitrogen and oxygen atoms in total. The Morgan fingerprint density at radius 1 is 0.839 bits per heavy atom. The van der Waals surface area contributed by atoms with E-state index in [0.717, 1.165) is 5.56 Å². The molecule has 0 unspecified atom stereocenters. The number of nitrogens with one attached hydrogen (secondary N) is 1. The van der Waals surface area contributed by atoms with Crippen molar-refractivity contribution in [3.05, 3.63) is 119 Å². The number of anilines is 1. The highest BCUT2D eigenvalue weighted by molar-refractivity contribution is 6.31. The van der Waals surface area contributed by atoms with Gasteiger partial charge >= 0.3 is 0 Å². The quantitative estimate of drug-likeness (QED) is 0.283. The second-order valence-corrected chi connectivity index (χ2v) is 7.21. The minimum Gasteiger partial charge on any atom is -0.457 e. The molecular formula is C26H18ClNO3. The number of carbonyl (C=O) groups excluding carboxylic acids is 2. The van der Waals surface area contributed by atoms with E-state index in [1.165, 1.54) is 6.08 Å². The zero-order valence-electron chi connectivity index (χ0n) is 16.4. The molecule has 31 heavy (non-hydrogen) atoms. The van der Waals surface area contributed by atoms with Gasteiger partial charge in [0, 0.05) is 27.8 Å². The Hall–Kier alpha value is -3.89. The third kappa shape index (κ3) is 5.00. The molecule has 5 heteroatoms. The summed E-state index contributed by atoms with van der Waals surface area (Å²) in [4.78, 5) is 25.3. The second kappa shape index (κ2) is 9.28. The van der Waals surface area contributed by atoms with E-state index < -0.39 is 0 Å². The number of carbonyl (C=O) groups is 2. The molecule has 0 aliphatic rings. The van der Waals surface area contributed by atoms with Crippen molar-refractivity contribution in [3.8, 4) is 11.3 Å². The molecule has 0 aliphatic heterocycles. The van der Waals surface area contributed by atoms with Crippen molar-refractivity contribution in [1.29, 1.82) is 0 Å². The molecule has 0 fully saturated rings. The average molecular weight is 428 g/mol. The molecule has 4 rings (SSSR count). The number of amides is 1. The first kappa shape index (κ1) is 20.4. The molecule has 1 N–H and O–H groups in total. The summed E-state index contributed by atoms with van der Waals surface area (Å²) in [7, 11) is 0. The fourth-order valence-electron chi connectivity index (χ4n) is 3.09. The highest BCUT2D eigenvalue weighted by Crippen LogP contribution is 2.25. The first-order valence-electron chi connectivity index (χ1n) is 9.64. The van der Waals surface area contributed by atoms with E-state index in [1.54, 1.807) is 54.6 Å². The third-order valence-electron chi connectivity index (χ3n) is 4.60. The first-order valence-corrected chi connectivity index (χ1v) is 10.0. The van der Waals surface area contributed by atoms with Crippen LogP contribution in [0.1, 0.15) is 21.7 Å². The number of halogens is 1. The van der Waals surface area contributed by atoms with Gasteiger partial charge in [-0.2, -0.15) is 0 Å². The van der Waals surface area contributed by atoms with E-state index >= 15 is 0 Å². The van der Waals surface area contributed by atoms with Crippen molar-refractivity contribution in [3.63, 3.8) is 0 Å². The van der Waals surface area contributed by atoms with Crippen LogP contribution in [0.4, 0.5) is 5.69 Å². The van der Waals surface area contributed by atoms with Gasteiger partial charge in [0.05, 0.1) is 5.69 Å². The largest absolute Gasteiger partial charge is 0.457 e. The van der Waals surface area contributed by atoms with Crippen molar-refractivity contribution >= 4 is 35.1 Å². The van der Waals surface area contributed by atoms with Gasteiger partial charge in [-0.3, -0.25) is 9.59 Å². The molecule has 3 aromatic carbocycles. The molecule has 0 bridgehead atoms. The Labute approximate surface area is 184 Å². The molecule has 152 valence electrons. The Kier molecular flexibility index (Phi) is 6.11. The zero-order valence-corrected chi connectivity index (χ0v) is 17.2. The normalized spacial score (nSPS) is 10.9. The summed E-state index contributed by atoms with van der Waals surface area (Å²) in [5.41, 5.74) is 2.18. The lowest BCUT2D eigenvalue weighted by Crippen LogP contribution is -2.12. The lowest BCUT2D eigenvalue weighted by Gasteiger charge is -2.10. The van der Waals surface area contributed by atoms with Gasteiger partial charge in [0.15, 0.2) is 5.78 Å². The number of hydrogen-bond acceptors (Lipinski definition) is 3. The van der Waals surface area contributed by atoms with Gasteiger partial charge < -0.3 is 9.73 Å². The minimum atomic E-state index is -0.387. The van der Waals surface area contributed by atoms with Crippen LogP contribution in [0.3, 0.4) is 0 Å². The van der Waals surface area contributed by atoms with Crippen LogP contribution in [0.5, 0.6) is 0 Å². The predicted molar refractivity (Wildman–Crippen MR) is 123 cm³/mol. The standard InChI is InChI=1S/C26H18ClNO3/c27-20-11-14-23(22(17-20)26(30)19-9-5-2-6-10-19)28-25(29)16-13-21-12-15-24(31-21)18-7-3-1-4-8-18/h1-17H,(H,28,29)/b16-13+. The summed E-state index contributed by atoms with van der Waals surface area (Å²) in [6.07, 6.45) is 2.94. The molecular weight excluding hydrogens is 410 g/mol. The molecule has 1 heterocycles. The number of benzene rings is 3. The van der Waals surface area contributed by atoms with E-state index in [-0.39, 0.29) is 11.7 Å². The maximum absolute atomic E-state index is 12.9. The van der Waals surface area contributed by atoms with Crippen LogP contribution in [0.15, 0.2) is 101 Å². The summed E-state index contributed by atoms with van der Waals surface area (Å²) < 4.78 is 5.77. The SMILES string of the molecule is O=C(/C=C/c1ccc(-c2ccccc2)o1)Nc1ccc(Cl)cc1C(=O)c1ccccc1. The lowest BCUT2D eigenvalue weighted by atomic mass is 10.0. The Morgan fingerprint density at radius 2 is 1.55 bits per heavy atom. The second-order valence-electron chi connectivity index (χ2n) is 6.78. The Morgan fingerprint density at radius 3 is 2.29 bits per heavy atom. The van der Waals surface area contributed by atoms with Gasteiger partial charge in [-0.05, 0) is 36.4 Å². The Balaban J connectivity index is 1.50. The van der Waals surface area contributed by atoms with E-state index in [2.05, 4.69) is 5.32 Å². The van der Waals surface area contributed by atoms with Gasteiger partial charge in [0.2, 0.25) is 5.91 Å². The predicted octanol–water partition coefficient (Wildman–Crippen LogP) is 6.48. The van der Waals surface area contributed by atoms with Gasteiger partial charge in [0.1, 0.15) is 11.5 Å². The van der Waals surface area contributed by atoms with Crippen LogP contribution in [-0.4, -0.2) is 11.7 Å². The summed E-state index contributed by atoms with van der Waals surface area (Å²) in [5.74, 6) is 0.655. The number of ketones is 1. The fourth-order valence-corrected chi connectivity index (χ4v) is 3.26. The molecule has 4 aromatic rings. The van der Waals surface area contributed by atoms with E-state index in [1.807, 2.05) is 42.5 Å². The summed E-state index contributed by atoms with van der Waals surface area (Å²) in [5, 5.41) is 3.16. The molecule has 0 spiro atoms. The van der Waals surface area contributed by atoms with Crippen LogP contribution >= 0.6 is 11.6 Å². The summed E-state index contributed by atoms with van der Waals surface area (Å²) >= 11 is 6.09. The summed E-state index contributed by atoms with van der Waals surface area (Å²) in [6, 6.07) is 27.0. The maximum Gasteiger partial charge on any atom is 0.248 e. The lowest BCUT2D eigenvalue weighted by molar-refractivity contribution is -0.111. The maximum atomic E-state index is 12.9. The van der Waals surface area contributed by atoms with Crippen LogP contribution in [-0.2, 0) is 4.79 Å². The van der Waals surface area contributed by atoms with E-state index in [0.29, 0.717) is 33.4 Å². The smallest absolute Gasteiger partial charge is 0.248 e. The van der Waals surface area contributed by atoms with E-state index in [9.17, 15) is 9.59 Å². The van der Waals surface area contributed by atoms with Crippen molar-refractivity contribution in [1.82, 2.24) is 0 Å². The van der Waals surface area contributed by atoms with Crippen LogP contribution in [0, 0.1) is 0 Å². The van der Waals surface area contributed by atoms with Crippen LogP contribution in [0.25, 0.3) is 17.4 Å². The van der Waals surface area contributed by atoms with Gasteiger partial charge in [-0.25, -0.2) is 0 Å². The van der Waals surface area contributed by atoms with Crippen molar-refractivity contribution in [2.24, 2.45) is 0 Å². The third-order valence-corrected chi connectivity index (χ3v) is 4.84. The molecule has 0 radical (unpaired) electrons. The topological polar surface area (TPSA) is 59.3 Å². The first-order chi connectivity index (χ1) is 15.1.